The van der Waals surface area contributed by atoms with E-state index >= 15 is 0 Å². The van der Waals surface area contributed by atoms with Gasteiger partial charge < -0.3 is 4.90 Å². The van der Waals surface area contributed by atoms with Crippen LogP contribution < -0.4 is 0 Å². The Bertz CT molecular complexity index is 640. The van der Waals surface area contributed by atoms with E-state index in [0.29, 0.717) is 6.07 Å². The van der Waals surface area contributed by atoms with Crippen LogP contribution in [0.2, 0.25) is 0 Å². The molecule has 4 nitrogen and oxygen atoms in total. The van der Waals surface area contributed by atoms with E-state index in [0.717, 1.165) is 23.3 Å². The number of rotatable bonds is 4. The van der Waals surface area contributed by atoms with E-state index in [1.54, 1.807) is 0 Å². The first-order valence-electron chi connectivity index (χ1n) is 5.72. The predicted octanol–water partition coefficient (Wildman–Crippen LogP) is 1.96. The Labute approximate surface area is 119 Å². The van der Waals surface area contributed by atoms with E-state index in [1.807, 2.05) is 0 Å². The van der Waals surface area contributed by atoms with E-state index < -0.39 is 38.9 Å². The second-order valence-electron chi connectivity index (χ2n) is 4.52. The van der Waals surface area contributed by atoms with Crippen molar-refractivity contribution in [2.75, 3.05) is 25.6 Å². The number of amides is 1. The third-order valence-corrected chi connectivity index (χ3v) is 3.60. The molecule has 0 radical (unpaired) electrons. The van der Waals surface area contributed by atoms with Gasteiger partial charge in [-0.25, -0.2) is 12.8 Å². The SMILES string of the molecule is CN(CCS(C)(=O)=O)C(=O)c1cccc(C(F)(F)F)c1F. The summed E-state index contributed by atoms with van der Waals surface area (Å²) in [6, 6.07) is 2.37. The molecule has 0 fully saturated rings. The Morgan fingerprint density at radius 3 is 2.33 bits per heavy atom. The summed E-state index contributed by atoms with van der Waals surface area (Å²) in [5.41, 5.74) is -2.29. The lowest BCUT2D eigenvalue weighted by Gasteiger charge is -2.18. The fourth-order valence-electron chi connectivity index (χ4n) is 1.53. The Balaban J connectivity index is 3.03. The summed E-state index contributed by atoms with van der Waals surface area (Å²) in [6.45, 7) is -0.243. The van der Waals surface area contributed by atoms with E-state index in [2.05, 4.69) is 0 Å². The van der Waals surface area contributed by atoms with Crippen LogP contribution in [0.15, 0.2) is 18.2 Å². The molecule has 0 saturated heterocycles. The number of carbonyl (C=O) groups is 1. The zero-order valence-electron chi connectivity index (χ0n) is 11.2. The maximum absolute atomic E-state index is 13.8. The van der Waals surface area contributed by atoms with Crippen LogP contribution in [0.4, 0.5) is 17.6 Å². The molecule has 9 heteroatoms. The zero-order valence-corrected chi connectivity index (χ0v) is 12.1. The van der Waals surface area contributed by atoms with E-state index in [-0.39, 0.29) is 12.3 Å². The van der Waals surface area contributed by atoms with Crippen LogP contribution in [0.5, 0.6) is 0 Å². The molecule has 0 spiro atoms. The van der Waals surface area contributed by atoms with Gasteiger partial charge in [0, 0.05) is 19.8 Å². The van der Waals surface area contributed by atoms with Crippen molar-refractivity contribution in [3.8, 4) is 0 Å². The van der Waals surface area contributed by atoms with Crippen LogP contribution in [-0.2, 0) is 16.0 Å². The summed E-state index contributed by atoms with van der Waals surface area (Å²) in [5, 5.41) is 0. The van der Waals surface area contributed by atoms with Crippen molar-refractivity contribution < 1.29 is 30.8 Å². The third-order valence-electron chi connectivity index (χ3n) is 2.68. The van der Waals surface area contributed by atoms with Crippen molar-refractivity contribution in [3.63, 3.8) is 0 Å². The predicted molar refractivity (Wildman–Crippen MR) is 68.1 cm³/mol. The summed E-state index contributed by atoms with van der Waals surface area (Å²) in [7, 11) is -2.16. The minimum atomic E-state index is -4.91. The highest BCUT2D eigenvalue weighted by Crippen LogP contribution is 2.32. The largest absolute Gasteiger partial charge is 0.419 e. The second kappa shape index (κ2) is 6.00. The van der Waals surface area contributed by atoms with E-state index in [4.69, 9.17) is 0 Å². The average Bonchev–Trinajstić information content (AvgIpc) is 2.33. The lowest BCUT2D eigenvalue weighted by atomic mass is 10.1. The number of alkyl halides is 3. The first-order valence-corrected chi connectivity index (χ1v) is 7.78. The molecule has 0 N–H and O–H groups in total. The Morgan fingerprint density at radius 1 is 1.29 bits per heavy atom. The van der Waals surface area contributed by atoms with E-state index in [9.17, 15) is 30.8 Å². The summed E-state index contributed by atoms with van der Waals surface area (Å²) < 4.78 is 73.4. The highest BCUT2D eigenvalue weighted by atomic mass is 32.2. The molecule has 1 aromatic carbocycles. The van der Waals surface area contributed by atoms with Crippen molar-refractivity contribution in [3.05, 3.63) is 35.1 Å². The summed E-state index contributed by atoms with van der Waals surface area (Å²) in [6.07, 6.45) is -3.96. The molecule has 118 valence electrons. The minimum absolute atomic E-state index is 0.243. The first-order chi connectivity index (χ1) is 9.43. The number of benzene rings is 1. The lowest BCUT2D eigenvalue weighted by molar-refractivity contribution is -0.140. The topological polar surface area (TPSA) is 54.5 Å². The highest BCUT2D eigenvalue weighted by molar-refractivity contribution is 7.90. The van der Waals surface area contributed by atoms with Crippen LogP contribution >= 0.6 is 0 Å². The fraction of sp³-hybridized carbons (Fsp3) is 0.417. The van der Waals surface area contributed by atoms with Crippen molar-refractivity contribution in [1.82, 2.24) is 4.90 Å². The molecule has 21 heavy (non-hydrogen) atoms. The number of carbonyl (C=O) groups excluding carboxylic acids is 1. The molecule has 0 unspecified atom stereocenters. The van der Waals surface area contributed by atoms with Crippen LogP contribution in [-0.4, -0.2) is 44.8 Å². The Hall–Kier alpha value is -1.64. The smallest absolute Gasteiger partial charge is 0.341 e. The van der Waals surface area contributed by atoms with Gasteiger partial charge in [0.2, 0.25) is 0 Å². The van der Waals surface area contributed by atoms with Gasteiger partial charge in [0.1, 0.15) is 15.7 Å². The lowest BCUT2D eigenvalue weighted by Crippen LogP contribution is -2.32. The second-order valence-corrected chi connectivity index (χ2v) is 6.78. The summed E-state index contributed by atoms with van der Waals surface area (Å²) >= 11 is 0. The third kappa shape index (κ3) is 4.69. The van der Waals surface area contributed by atoms with Crippen LogP contribution in [0.1, 0.15) is 15.9 Å². The number of halogens is 4. The van der Waals surface area contributed by atoms with Crippen LogP contribution in [0.25, 0.3) is 0 Å². The summed E-state index contributed by atoms with van der Waals surface area (Å²) in [4.78, 5) is 12.7. The van der Waals surface area contributed by atoms with Gasteiger partial charge in [-0.2, -0.15) is 13.2 Å². The zero-order chi connectivity index (χ0) is 16.4. The van der Waals surface area contributed by atoms with Gasteiger partial charge in [-0.1, -0.05) is 6.07 Å². The van der Waals surface area contributed by atoms with Gasteiger partial charge in [0.15, 0.2) is 0 Å². The molecular weight excluding hydrogens is 314 g/mol. The Kier molecular flexibility index (Phi) is 4.98. The molecule has 1 rings (SSSR count). The Morgan fingerprint density at radius 2 is 1.86 bits per heavy atom. The molecule has 1 aromatic rings. The molecule has 0 bridgehead atoms. The normalized spacial score (nSPS) is 12.3. The van der Waals surface area contributed by atoms with Gasteiger partial charge >= 0.3 is 6.18 Å². The maximum Gasteiger partial charge on any atom is 0.419 e. The van der Waals surface area contributed by atoms with Gasteiger partial charge in [-0.3, -0.25) is 4.79 Å². The van der Waals surface area contributed by atoms with E-state index in [1.165, 1.54) is 7.05 Å². The monoisotopic (exact) mass is 327 g/mol. The van der Waals surface area contributed by atoms with Crippen molar-refractivity contribution in [2.24, 2.45) is 0 Å². The molecule has 0 aromatic heterocycles. The van der Waals surface area contributed by atoms with Gasteiger partial charge in [-0.15, -0.1) is 0 Å². The molecular formula is C12H13F4NO3S. The molecule has 0 aliphatic rings. The summed E-state index contributed by atoms with van der Waals surface area (Å²) in [5.74, 6) is -3.04. The number of hydrogen-bond donors (Lipinski definition) is 0. The van der Waals surface area contributed by atoms with Gasteiger partial charge in [0.05, 0.1) is 16.9 Å². The van der Waals surface area contributed by atoms with Crippen molar-refractivity contribution >= 4 is 15.7 Å². The molecule has 0 heterocycles. The van der Waals surface area contributed by atoms with Crippen molar-refractivity contribution in [1.29, 1.82) is 0 Å². The quantitative estimate of drug-likeness (QED) is 0.795. The minimum Gasteiger partial charge on any atom is -0.341 e. The molecule has 0 aliphatic carbocycles. The van der Waals surface area contributed by atoms with Gasteiger partial charge in [-0.05, 0) is 12.1 Å². The van der Waals surface area contributed by atoms with Crippen molar-refractivity contribution in [2.45, 2.75) is 6.18 Å². The highest BCUT2D eigenvalue weighted by Gasteiger charge is 2.36. The standard InChI is InChI=1S/C12H13F4NO3S/c1-17(6-7-21(2,19)20)11(18)8-4-3-5-9(10(8)13)12(14,15)16/h3-5H,6-7H2,1-2H3. The van der Waals surface area contributed by atoms with Gasteiger partial charge in [0.25, 0.3) is 5.91 Å². The number of hydrogen-bond acceptors (Lipinski definition) is 3. The molecule has 0 saturated carbocycles. The van der Waals surface area contributed by atoms with Crippen LogP contribution in [0, 0.1) is 5.82 Å². The average molecular weight is 327 g/mol. The number of sulfone groups is 1. The first kappa shape index (κ1) is 17.4. The van der Waals surface area contributed by atoms with Crippen LogP contribution in [0.3, 0.4) is 0 Å². The maximum atomic E-state index is 13.8. The molecule has 0 aliphatic heterocycles. The molecule has 1 amide bonds. The molecule has 0 atom stereocenters. The number of nitrogens with zero attached hydrogens (tertiary/aromatic N) is 1. The fourth-order valence-corrected chi connectivity index (χ4v) is 2.13.